The van der Waals surface area contributed by atoms with Crippen molar-refractivity contribution >= 4 is 29.2 Å². The summed E-state index contributed by atoms with van der Waals surface area (Å²) >= 11 is 6.23. The molecule has 2 amide bonds. The minimum Gasteiger partial charge on any atom is -0.456 e. The molecule has 0 radical (unpaired) electrons. The number of carbonyl (C=O) groups is 2. The van der Waals surface area contributed by atoms with Gasteiger partial charge < -0.3 is 15.4 Å². The SMILES string of the molecule is Cc1cccn2c(=O)c([C@@H]3NC(=O)NC4=C3C(=O)OC4)c(Cl)nc12. The number of carbonyl (C=O) groups excluding carboxylic acids is 2. The van der Waals surface area contributed by atoms with Gasteiger partial charge in [0.25, 0.3) is 5.56 Å². The van der Waals surface area contributed by atoms with Crippen molar-refractivity contribution in [2.45, 2.75) is 13.0 Å². The van der Waals surface area contributed by atoms with Crippen LogP contribution in [0.5, 0.6) is 0 Å². The molecule has 4 heterocycles. The Hall–Kier alpha value is -2.87. The fraction of sp³-hybridized carbons (Fsp3) is 0.200. The molecule has 0 fully saturated rings. The van der Waals surface area contributed by atoms with Crippen molar-refractivity contribution in [1.29, 1.82) is 0 Å². The van der Waals surface area contributed by atoms with Gasteiger partial charge in [0.1, 0.15) is 17.4 Å². The van der Waals surface area contributed by atoms with Crippen molar-refractivity contribution < 1.29 is 14.3 Å². The summed E-state index contributed by atoms with van der Waals surface area (Å²) in [6.07, 6.45) is 1.56. The maximum Gasteiger partial charge on any atom is 0.338 e. The number of halogens is 1. The summed E-state index contributed by atoms with van der Waals surface area (Å²) in [5, 5.41) is 4.99. The van der Waals surface area contributed by atoms with Crippen LogP contribution >= 0.6 is 11.6 Å². The smallest absolute Gasteiger partial charge is 0.338 e. The molecular formula is C15H11ClN4O4. The highest BCUT2D eigenvalue weighted by Crippen LogP contribution is 2.32. The second kappa shape index (κ2) is 5.07. The van der Waals surface area contributed by atoms with E-state index in [0.29, 0.717) is 11.3 Å². The summed E-state index contributed by atoms with van der Waals surface area (Å²) in [6.45, 7) is 1.76. The predicted molar refractivity (Wildman–Crippen MR) is 83.6 cm³/mol. The van der Waals surface area contributed by atoms with Crippen LogP contribution in [-0.4, -0.2) is 28.0 Å². The molecule has 9 heteroatoms. The Morgan fingerprint density at radius 2 is 2.17 bits per heavy atom. The van der Waals surface area contributed by atoms with Crippen LogP contribution in [0.2, 0.25) is 5.15 Å². The Kier molecular flexibility index (Phi) is 3.10. The fourth-order valence-corrected chi connectivity index (χ4v) is 3.20. The molecule has 0 saturated carbocycles. The van der Waals surface area contributed by atoms with E-state index in [9.17, 15) is 14.4 Å². The zero-order valence-electron chi connectivity index (χ0n) is 12.4. The quantitative estimate of drug-likeness (QED) is 0.588. The monoisotopic (exact) mass is 346 g/mol. The lowest BCUT2D eigenvalue weighted by molar-refractivity contribution is -0.136. The molecule has 2 aliphatic heterocycles. The third kappa shape index (κ3) is 2.00. The number of ether oxygens (including phenoxy) is 1. The number of amides is 2. The fourth-order valence-electron chi connectivity index (χ4n) is 2.93. The average Bonchev–Trinajstić information content (AvgIpc) is 2.89. The molecule has 0 aromatic carbocycles. The minimum atomic E-state index is -1.01. The van der Waals surface area contributed by atoms with Gasteiger partial charge in [-0.05, 0) is 18.6 Å². The molecule has 2 aromatic heterocycles. The Balaban J connectivity index is 2.00. The first-order chi connectivity index (χ1) is 11.5. The van der Waals surface area contributed by atoms with Gasteiger partial charge in [-0.2, -0.15) is 0 Å². The van der Waals surface area contributed by atoms with Crippen molar-refractivity contribution in [3.05, 3.63) is 56.2 Å². The summed E-state index contributed by atoms with van der Waals surface area (Å²) in [5.74, 6) is -0.604. The molecule has 2 N–H and O–H groups in total. The number of cyclic esters (lactones) is 1. The molecule has 0 saturated heterocycles. The normalized spacial score (nSPS) is 19.8. The van der Waals surface area contributed by atoms with E-state index in [1.807, 2.05) is 0 Å². The largest absolute Gasteiger partial charge is 0.456 e. The second-order valence-corrected chi connectivity index (χ2v) is 5.86. The van der Waals surface area contributed by atoms with E-state index in [1.54, 1.807) is 25.3 Å². The lowest BCUT2D eigenvalue weighted by Gasteiger charge is -2.24. The Morgan fingerprint density at radius 3 is 2.96 bits per heavy atom. The predicted octanol–water partition coefficient (Wildman–Crippen LogP) is 0.821. The van der Waals surface area contributed by atoms with Gasteiger partial charge in [-0.15, -0.1) is 0 Å². The van der Waals surface area contributed by atoms with Gasteiger partial charge in [0, 0.05) is 6.20 Å². The van der Waals surface area contributed by atoms with Crippen LogP contribution < -0.4 is 16.2 Å². The van der Waals surface area contributed by atoms with Gasteiger partial charge >= 0.3 is 12.0 Å². The third-order valence-corrected chi connectivity index (χ3v) is 4.34. The van der Waals surface area contributed by atoms with E-state index in [-0.39, 0.29) is 22.9 Å². The average molecular weight is 347 g/mol. The number of esters is 1. The summed E-state index contributed by atoms with van der Waals surface area (Å²) < 4.78 is 6.28. The standard InChI is InChI=1S/C15H11ClN4O4/c1-6-3-2-4-20-12(6)19-11(16)9(13(20)21)10-8-7(5-24-14(8)22)17-15(23)18-10/h2-4,10H,5H2,1H3,(H2,17,18,23)/t10-/m1/s1. The second-order valence-electron chi connectivity index (χ2n) is 5.51. The van der Waals surface area contributed by atoms with Crippen LogP contribution in [0.3, 0.4) is 0 Å². The van der Waals surface area contributed by atoms with Crippen LogP contribution in [0.15, 0.2) is 34.4 Å². The van der Waals surface area contributed by atoms with E-state index in [4.69, 9.17) is 16.3 Å². The summed E-state index contributed by atoms with van der Waals surface area (Å²) in [4.78, 5) is 41.0. The lowest BCUT2D eigenvalue weighted by Crippen LogP contribution is -2.46. The Bertz CT molecular complexity index is 1010. The molecule has 24 heavy (non-hydrogen) atoms. The molecule has 4 rings (SSSR count). The van der Waals surface area contributed by atoms with E-state index >= 15 is 0 Å². The van der Waals surface area contributed by atoms with Crippen molar-refractivity contribution in [2.24, 2.45) is 0 Å². The number of hydrogen-bond donors (Lipinski definition) is 2. The number of hydrogen-bond acceptors (Lipinski definition) is 5. The Morgan fingerprint density at radius 1 is 1.38 bits per heavy atom. The van der Waals surface area contributed by atoms with E-state index < -0.39 is 23.6 Å². The summed E-state index contributed by atoms with van der Waals surface area (Å²) in [6, 6.07) is 1.97. The molecule has 2 aromatic rings. The van der Waals surface area contributed by atoms with Gasteiger partial charge in [-0.1, -0.05) is 17.7 Å². The molecular weight excluding hydrogens is 336 g/mol. The van der Waals surface area contributed by atoms with Gasteiger partial charge in [0.15, 0.2) is 0 Å². The van der Waals surface area contributed by atoms with Crippen LogP contribution in [-0.2, 0) is 9.53 Å². The molecule has 122 valence electrons. The first-order valence-electron chi connectivity index (χ1n) is 7.12. The van der Waals surface area contributed by atoms with E-state index in [0.717, 1.165) is 5.56 Å². The number of pyridine rings is 1. The van der Waals surface area contributed by atoms with Crippen LogP contribution in [0, 0.1) is 6.92 Å². The van der Waals surface area contributed by atoms with Crippen LogP contribution in [0.1, 0.15) is 17.2 Å². The highest BCUT2D eigenvalue weighted by molar-refractivity contribution is 6.30. The number of aryl methyl sites for hydroxylation is 1. The van der Waals surface area contributed by atoms with Gasteiger partial charge in [-0.3, -0.25) is 9.20 Å². The van der Waals surface area contributed by atoms with E-state index in [1.165, 1.54) is 4.40 Å². The third-order valence-electron chi connectivity index (χ3n) is 4.05. The Labute approximate surface area is 140 Å². The van der Waals surface area contributed by atoms with Crippen molar-refractivity contribution in [3.8, 4) is 0 Å². The zero-order valence-corrected chi connectivity index (χ0v) is 13.2. The van der Waals surface area contributed by atoms with Gasteiger partial charge in [0.2, 0.25) is 0 Å². The number of urea groups is 1. The van der Waals surface area contributed by atoms with Crippen LogP contribution in [0.25, 0.3) is 5.65 Å². The van der Waals surface area contributed by atoms with Gasteiger partial charge in [0.05, 0.1) is 22.9 Å². The molecule has 0 spiro atoms. The van der Waals surface area contributed by atoms with Crippen molar-refractivity contribution in [3.63, 3.8) is 0 Å². The summed E-state index contributed by atoms with van der Waals surface area (Å²) in [7, 11) is 0. The first-order valence-corrected chi connectivity index (χ1v) is 7.50. The van der Waals surface area contributed by atoms with E-state index in [2.05, 4.69) is 15.6 Å². The maximum atomic E-state index is 12.9. The lowest BCUT2D eigenvalue weighted by atomic mass is 9.98. The van der Waals surface area contributed by atoms with Gasteiger partial charge in [-0.25, -0.2) is 14.6 Å². The topological polar surface area (TPSA) is 102 Å². The summed E-state index contributed by atoms with van der Waals surface area (Å²) in [5.41, 5.74) is 1.27. The van der Waals surface area contributed by atoms with Crippen LogP contribution in [0.4, 0.5) is 4.79 Å². The molecule has 2 aliphatic rings. The minimum absolute atomic E-state index is 0.0287. The first kappa shape index (κ1) is 14.7. The number of nitrogens with one attached hydrogen (secondary N) is 2. The number of rotatable bonds is 1. The van der Waals surface area contributed by atoms with Crippen molar-refractivity contribution in [1.82, 2.24) is 20.0 Å². The molecule has 0 bridgehead atoms. The highest BCUT2D eigenvalue weighted by atomic mass is 35.5. The molecule has 0 unspecified atom stereocenters. The number of fused-ring (bicyclic) bond motifs is 1. The number of aromatic nitrogens is 2. The zero-order chi connectivity index (χ0) is 17.0. The maximum absolute atomic E-state index is 12.9. The number of nitrogens with zero attached hydrogens (tertiary/aromatic N) is 2. The highest BCUT2D eigenvalue weighted by Gasteiger charge is 2.40. The van der Waals surface area contributed by atoms with Crippen molar-refractivity contribution in [2.75, 3.05) is 6.61 Å². The molecule has 8 nitrogen and oxygen atoms in total. The molecule has 1 atom stereocenters. The molecule has 0 aliphatic carbocycles.